The van der Waals surface area contributed by atoms with Gasteiger partial charge in [-0.3, -0.25) is 4.57 Å². The summed E-state index contributed by atoms with van der Waals surface area (Å²) in [4.78, 5) is 4.57. The molecule has 1 aliphatic rings. The van der Waals surface area contributed by atoms with Crippen molar-refractivity contribution in [3.63, 3.8) is 0 Å². The molecule has 2 aromatic heterocycles. The lowest BCUT2D eigenvalue weighted by molar-refractivity contribution is 0.382. The molecule has 0 aliphatic carbocycles. The van der Waals surface area contributed by atoms with Gasteiger partial charge in [0.05, 0.1) is 0 Å². The number of aromatic nitrogens is 4. The molecule has 1 atom stereocenters. The maximum absolute atomic E-state index is 10.3. The van der Waals surface area contributed by atoms with E-state index in [2.05, 4.69) is 32.6 Å². The average molecular weight is 363 g/mol. The van der Waals surface area contributed by atoms with Gasteiger partial charge in [0.2, 0.25) is 0 Å². The van der Waals surface area contributed by atoms with E-state index in [0.717, 1.165) is 47.5 Å². The van der Waals surface area contributed by atoms with E-state index in [9.17, 15) is 5.11 Å². The first-order valence-corrected chi connectivity index (χ1v) is 9.57. The lowest BCUT2D eigenvalue weighted by Crippen LogP contribution is -2.34. The van der Waals surface area contributed by atoms with Gasteiger partial charge in [0, 0.05) is 17.8 Å². The molecule has 0 amide bonds. The van der Waals surface area contributed by atoms with Crippen LogP contribution in [0.4, 0.5) is 0 Å². The van der Waals surface area contributed by atoms with Crippen molar-refractivity contribution >= 4 is 0 Å². The molecule has 3 aromatic rings. The molecule has 1 aromatic carbocycles. The van der Waals surface area contributed by atoms with Crippen LogP contribution < -0.4 is 5.32 Å². The molecule has 140 valence electrons. The van der Waals surface area contributed by atoms with Crippen LogP contribution in [0.5, 0.6) is 5.75 Å². The Labute approximate surface area is 159 Å². The van der Waals surface area contributed by atoms with Crippen LogP contribution in [0.15, 0.2) is 43.1 Å². The summed E-state index contributed by atoms with van der Waals surface area (Å²) < 4.78 is 1.80. The lowest BCUT2D eigenvalue weighted by Gasteiger charge is -2.23. The van der Waals surface area contributed by atoms with Gasteiger partial charge < -0.3 is 10.4 Å². The second kappa shape index (κ2) is 7.88. The van der Waals surface area contributed by atoms with Gasteiger partial charge in [0.25, 0.3) is 0 Å². The molecule has 6 nitrogen and oxygen atoms in total. The Morgan fingerprint density at radius 1 is 1.15 bits per heavy atom. The summed E-state index contributed by atoms with van der Waals surface area (Å²) >= 11 is 0. The minimum absolute atomic E-state index is 0.287. The van der Waals surface area contributed by atoms with Crippen molar-refractivity contribution in [3.05, 3.63) is 54.2 Å². The van der Waals surface area contributed by atoms with Crippen LogP contribution in [-0.2, 0) is 6.42 Å². The molecular formula is C21H25N5O. The predicted octanol–water partition coefficient (Wildman–Crippen LogP) is 3.42. The first-order valence-electron chi connectivity index (χ1n) is 9.57. The number of hydrogen-bond donors (Lipinski definition) is 2. The van der Waals surface area contributed by atoms with Crippen molar-refractivity contribution in [3.8, 4) is 22.7 Å². The molecule has 0 bridgehead atoms. The molecule has 3 heterocycles. The van der Waals surface area contributed by atoms with E-state index in [1.165, 1.54) is 19.3 Å². The van der Waals surface area contributed by atoms with Crippen LogP contribution in [-0.4, -0.2) is 37.4 Å². The summed E-state index contributed by atoms with van der Waals surface area (Å²) in [7, 11) is 0. The fourth-order valence-electron chi connectivity index (χ4n) is 3.78. The van der Waals surface area contributed by atoms with Gasteiger partial charge >= 0.3 is 0 Å². The molecule has 6 heteroatoms. The van der Waals surface area contributed by atoms with E-state index in [1.54, 1.807) is 23.3 Å². The quantitative estimate of drug-likeness (QED) is 0.726. The standard InChI is InChI=1S/C21H25N5O/c1-15-8-20(21(23-12-15)26-13-24-25-14-26)17-9-16(10-19(27)11-17)5-6-18-4-2-3-7-22-18/h8-14,18,22,27H,2-7H2,1H3/t18-/m1/s1. The minimum atomic E-state index is 0.287. The Hall–Kier alpha value is -2.73. The fraction of sp³-hybridized carbons (Fsp3) is 0.381. The number of hydrogen-bond acceptors (Lipinski definition) is 5. The number of benzene rings is 1. The summed E-state index contributed by atoms with van der Waals surface area (Å²) in [6.45, 7) is 3.14. The van der Waals surface area contributed by atoms with Crippen LogP contribution in [0.3, 0.4) is 0 Å². The number of nitrogens with zero attached hydrogens (tertiary/aromatic N) is 4. The van der Waals surface area contributed by atoms with Crippen molar-refractivity contribution in [2.75, 3.05) is 6.54 Å². The van der Waals surface area contributed by atoms with Crippen molar-refractivity contribution in [1.82, 2.24) is 25.1 Å². The van der Waals surface area contributed by atoms with Crippen molar-refractivity contribution < 1.29 is 5.11 Å². The third-order valence-corrected chi connectivity index (χ3v) is 5.15. The number of phenols is 1. The van der Waals surface area contributed by atoms with Crippen LogP contribution >= 0.6 is 0 Å². The largest absolute Gasteiger partial charge is 0.508 e. The number of aryl methyl sites for hydroxylation is 2. The average Bonchev–Trinajstić information content (AvgIpc) is 3.21. The summed E-state index contributed by atoms with van der Waals surface area (Å²) in [6.07, 6.45) is 11.0. The fourth-order valence-corrected chi connectivity index (χ4v) is 3.78. The van der Waals surface area contributed by atoms with Crippen LogP contribution in [0.1, 0.15) is 36.8 Å². The van der Waals surface area contributed by atoms with E-state index >= 15 is 0 Å². The molecular weight excluding hydrogens is 338 g/mol. The molecule has 0 radical (unpaired) electrons. The molecule has 1 saturated heterocycles. The van der Waals surface area contributed by atoms with Gasteiger partial charge in [0.15, 0.2) is 0 Å². The Kier molecular flexibility index (Phi) is 5.16. The highest BCUT2D eigenvalue weighted by atomic mass is 16.3. The van der Waals surface area contributed by atoms with Gasteiger partial charge in [-0.25, -0.2) is 4.98 Å². The summed E-state index contributed by atoms with van der Waals surface area (Å²) in [6, 6.07) is 8.50. The highest BCUT2D eigenvalue weighted by Gasteiger charge is 2.14. The molecule has 1 aliphatic heterocycles. The molecule has 2 N–H and O–H groups in total. The third-order valence-electron chi connectivity index (χ3n) is 5.15. The Morgan fingerprint density at radius 2 is 2.00 bits per heavy atom. The van der Waals surface area contributed by atoms with Gasteiger partial charge in [-0.05, 0) is 74.0 Å². The first kappa shape index (κ1) is 17.7. The smallest absolute Gasteiger partial charge is 0.147 e. The second-order valence-electron chi connectivity index (χ2n) is 7.33. The normalized spacial score (nSPS) is 17.1. The van der Waals surface area contributed by atoms with Crippen LogP contribution in [0, 0.1) is 6.92 Å². The van der Waals surface area contributed by atoms with Gasteiger partial charge in [-0.15, -0.1) is 10.2 Å². The Morgan fingerprint density at radius 3 is 2.78 bits per heavy atom. The Balaban J connectivity index is 1.64. The minimum Gasteiger partial charge on any atom is -0.508 e. The first-order chi connectivity index (χ1) is 13.2. The zero-order valence-electron chi connectivity index (χ0n) is 15.6. The molecule has 27 heavy (non-hydrogen) atoms. The van der Waals surface area contributed by atoms with Gasteiger partial charge in [-0.2, -0.15) is 0 Å². The highest BCUT2D eigenvalue weighted by molar-refractivity contribution is 5.73. The van der Waals surface area contributed by atoms with Crippen molar-refractivity contribution in [1.29, 1.82) is 0 Å². The van der Waals surface area contributed by atoms with E-state index in [0.29, 0.717) is 6.04 Å². The summed E-state index contributed by atoms with van der Waals surface area (Å²) in [5.41, 5.74) is 4.14. The monoisotopic (exact) mass is 363 g/mol. The Bertz CT molecular complexity index is 901. The maximum atomic E-state index is 10.3. The summed E-state index contributed by atoms with van der Waals surface area (Å²) in [5.74, 6) is 1.05. The second-order valence-corrected chi connectivity index (χ2v) is 7.33. The predicted molar refractivity (Wildman–Crippen MR) is 105 cm³/mol. The lowest BCUT2D eigenvalue weighted by atomic mass is 9.95. The molecule has 0 saturated carbocycles. The summed E-state index contributed by atoms with van der Waals surface area (Å²) in [5, 5.41) is 21.7. The number of nitrogens with one attached hydrogen (secondary N) is 1. The highest BCUT2D eigenvalue weighted by Crippen LogP contribution is 2.30. The molecule has 0 spiro atoms. The SMILES string of the molecule is Cc1cnc(-n2cnnc2)c(-c2cc(O)cc(CC[C@H]3CCCCN3)c2)c1. The molecule has 1 fully saturated rings. The van der Waals surface area contributed by atoms with Crippen LogP contribution in [0.2, 0.25) is 0 Å². The van der Waals surface area contributed by atoms with Gasteiger partial charge in [0.1, 0.15) is 24.2 Å². The number of aromatic hydroxyl groups is 1. The maximum Gasteiger partial charge on any atom is 0.147 e. The van der Waals surface area contributed by atoms with E-state index in [1.807, 2.05) is 19.2 Å². The number of piperidine rings is 1. The van der Waals surface area contributed by atoms with Crippen molar-refractivity contribution in [2.45, 2.75) is 45.1 Å². The van der Waals surface area contributed by atoms with Crippen LogP contribution in [0.25, 0.3) is 16.9 Å². The van der Waals surface area contributed by atoms with E-state index < -0.39 is 0 Å². The zero-order valence-corrected chi connectivity index (χ0v) is 15.6. The topological polar surface area (TPSA) is 75.9 Å². The van der Waals surface area contributed by atoms with E-state index in [-0.39, 0.29) is 5.75 Å². The zero-order chi connectivity index (χ0) is 18.6. The molecule has 4 rings (SSSR count). The third kappa shape index (κ3) is 4.17. The number of pyridine rings is 1. The van der Waals surface area contributed by atoms with E-state index in [4.69, 9.17) is 0 Å². The molecule has 0 unspecified atom stereocenters. The number of rotatable bonds is 5. The van der Waals surface area contributed by atoms with Gasteiger partial charge in [-0.1, -0.05) is 12.5 Å². The van der Waals surface area contributed by atoms with Crippen molar-refractivity contribution in [2.24, 2.45) is 0 Å². The number of phenolic OH excluding ortho intramolecular Hbond substituents is 1.